The molecule has 0 radical (unpaired) electrons. The third kappa shape index (κ3) is 2.62. The van der Waals surface area contributed by atoms with Crippen molar-refractivity contribution in [3.8, 4) is 0 Å². The van der Waals surface area contributed by atoms with Crippen molar-refractivity contribution in [3.05, 3.63) is 40.3 Å². The van der Waals surface area contributed by atoms with Gasteiger partial charge in [-0.1, -0.05) is 13.5 Å². The van der Waals surface area contributed by atoms with E-state index in [0.29, 0.717) is 11.9 Å². The fraction of sp³-hybridized carbons (Fsp3) is 0.333. The lowest BCUT2D eigenvalue weighted by Crippen LogP contribution is -2.24. The summed E-state index contributed by atoms with van der Waals surface area (Å²) >= 11 is 1.48. The summed E-state index contributed by atoms with van der Waals surface area (Å²) in [6.45, 7) is 8.13. The van der Waals surface area contributed by atoms with Crippen LogP contribution in [-0.2, 0) is 6.54 Å². The van der Waals surface area contributed by atoms with Crippen molar-refractivity contribution in [2.45, 2.75) is 13.5 Å². The number of nitrogens with zero attached hydrogens (tertiary/aromatic N) is 2. The molecule has 0 spiro atoms. The maximum atomic E-state index is 12.1. The largest absolute Gasteiger partial charge is 0.313 e. The van der Waals surface area contributed by atoms with Crippen molar-refractivity contribution in [2.24, 2.45) is 0 Å². The summed E-state index contributed by atoms with van der Waals surface area (Å²) in [5, 5.41) is 5.76. The van der Waals surface area contributed by atoms with E-state index in [4.69, 9.17) is 0 Å². The molecule has 0 aliphatic rings. The molecule has 1 N–H and O–H groups in total. The maximum absolute atomic E-state index is 12.1. The van der Waals surface area contributed by atoms with Gasteiger partial charge in [0.1, 0.15) is 4.83 Å². The second-order valence-corrected chi connectivity index (χ2v) is 4.74. The Labute approximate surface area is 104 Å². The molecule has 0 saturated carbocycles. The van der Waals surface area contributed by atoms with Crippen LogP contribution in [0.1, 0.15) is 6.92 Å². The fourth-order valence-electron chi connectivity index (χ4n) is 1.60. The first-order chi connectivity index (χ1) is 8.22. The Hall–Kier alpha value is -1.46. The number of aromatic nitrogens is 2. The molecule has 2 heterocycles. The predicted octanol–water partition coefficient (Wildman–Crippen LogP) is 1.62. The number of nitrogens with one attached hydrogen (secondary N) is 1. The molecular weight excluding hydrogens is 234 g/mol. The van der Waals surface area contributed by atoms with Crippen LogP contribution in [0, 0.1) is 0 Å². The van der Waals surface area contributed by atoms with Crippen LogP contribution >= 0.6 is 11.3 Å². The molecule has 0 amide bonds. The van der Waals surface area contributed by atoms with Gasteiger partial charge in [-0.05, 0) is 23.6 Å². The summed E-state index contributed by atoms with van der Waals surface area (Å²) < 4.78 is 1.61. The van der Waals surface area contributed by atoms with Crippen LogP contribution in [0.25, 0.3) is 10.2 Å². The Kier molecular flexibility index (Phi) is 3.71. The van der Waals surface area contributed by atoms with Crippen LogP contribution in [0.5, 0.6) is 0 Å². The SMILES string of the molecule is C=C(CNCC)Cn1cnc2sccc2c1=O. The molecule has 4 nitrogen and oxygen atoms in total. The highest BCUT2D eigenvalue weighted by atomic mass is 32.1. The topological polar surface area (TPSA) is 46.9 Å². The van der Waals surface area contributed by atoms with E-state index in [0.717, 1.165) is 23.5 Å². The molecule has 2 aromatic rings. The number of likely N-dealkylation sites (N-methyl/N-ethyl adjacent to an activating group) is 1. The Morgan fingerprint density at radius 2 is 2.47 bits per heavy atom. The van der Waals surface area contributed by atoms with Gasteiger partial charge in [0.25, 0.3) is 5.56 Å². The molecule has 5 heteroatoms. The smallest absolute Gasteiger partial charge is 0.262 e. The van der Waals surface area contributed by atoms with Crippen molar-refractivity contribution in [3.63, 3.8) is 0 Å². The van der Waals surface area contributed by atoms with Gasteiger partial charge in [0.05, 0.1) is 11.7 Å². The summed E-state index contributed by atoms with van der Waals surface area (Å²) in [5.41, 5.74) is 0.985. The molecule has 2 aromatic heterocycles. The van der Waals surface area contributed by atoms with E-state index in [-0.39, 0.29) is 5.56 Å². The van der Waals surface area contributed by atoms with Crippen molar-refractivity contribution < 1.29 is 0 Å². The monoisotopic (exact) mass is 249 g/mol. The zero-order chi connectivity index (χ0) is 12.3. The molecule has 90 valence electrons. The molecule has 0 atom stereocenters. The summed E-state index contributed by atoms with van der Waals surface area (Å²) in [4.78, 5) is 17.1. The molecule has 0 bridgehead atoms. The molecule has 2 rings (SSSR count). The number of fused-ring (bicyclic) bond motifs is 1. The Morgan fingerprint density at radius 1 is 1.65 bits per heavy atom. The van der Waals surface area contributed by atoms with Gasteiger partial charge in [-0.15, -0.1) is 11.3 Å². The minimum atomic E-state index is 0.00824. The zero-order valence-electron chi connectivity index (χ0n) is 9.77. The highest BCUT2D eigenvalue weighted by Crippen LogP contribution is 2.13. The van der Waals surface area contributed by atoms with E-state index < -0.39 is 0 Å². The average molecular weight is 249 g/mol. The van der Waals surface area contributed by atoms with Crippen molar-refractivity contribution in [1.29, 1.82) is 0 Å². The first-order valence-electron chi connectivity index (χ1n) is 5.52. The third-order valence-electron chi connectivity index (χ3n) is 2.47. The maximum Gasteiger partial charge on any atom is 0.262 e. The van der Waals surface area contributed by atoms with Gasteiger partial charge >= 0.3 is 0 Å². The Balaban J connectivity index is 2.21. The van der Waals surface area contributed by atoms with Crippen LogP contribution in [0.4, 0.5) is 0 Å². The highest BCUT2D eigenvalue weighted by Gasteiger charge is 2.05. The molecular formula is C12H15N3OS. The molecule has 17 heavy (non-hydrogen) atoms. The third-order valence-corrected chi connectivity index (χ3v) is 3.29. The van der Waals surface area contributed by atoms with E-state index in [1.807, 2.05) is 18.4 Å². The molecule has 0 unspecified atom stereocenters. The number of hydrogen-bond donors (Lipinski definition) is 1. The molecule has 0 aromatic carbocycles. The van der Waals surface area contributed by atoms with Gasteiger partial charge in [0.15, 0.2) is 0 Å². The molecule has 0 aliphatic heterocycles. The second kappa shape index (κ2) is 5.25. The normalized spacial score (nSPS) is 10.9. The van der Waals surface area contributed by atoms with Gasteiger partial charge in [-0.25, -0.2) is 4.98 Å². The lowest BCUT2D eigenvalue weighted by Gasteiger charge is -2.08. The summed E-state index contributed by atoms with van der Waals surface area (Å²) in [6.07, 6.45) is 1.60. The van der Waals surface area contributed by atoms with E-state index in [1.165, 1.54) is 11.3 Å². The van der Waals surface area contributed by atoms with Gasteiger partial charge in [-0.2, -0.15) is 0 Å². The summed E-state index contributed by atoms with van der Waals surface area (Å²) in [7, 11) is 0. The number of hydrogen-bond acceptors (Lipinski definition) is 4. The van der Waals surface area contributed by atoms with Gasteiger partial charge in [0.2, 0.25) is 0 Å². The number of rotatable bonds is 5. The van der Waals surface area contributed by atoms with Gasteiger partial charge < -0.3 is 5.32 Å². The highest BCUT2D eigenvalue weighted by molar-refractivity contribution is 7.16. The van der Waals surface area contributed by atoms with Gasteiger partial charge in [-0.3, -0.25) is 9.36 Å². The minimum Gasteiger partial charge on any atom is -0.313 e. The standard InChI is InChI=1S/C12H15N3OS/c1-3-13-6-9(2)7-15-8-14-11-10(12(15)16)4-5-17-11/h4-5,8,13H,2-3,6-7H2,1H3. The second-order valence-electron chi connectivity index (χ2n) is 3.85. The number of thiophene rings is 1. The first-order valence-corrected chi connectivity index (χ1v) is 6.40. The quantitative estimate of drug-likeness (QED) is 0.819. The van der Waals surface area contributed by atoms with Crippen molar-refractivity contribution >= 4 is 21.6 Å². The zero-order valence-corrected chi connectivity index (χ0v) is 10.6. The molecule has 0 fully saturated rings. The molecule has 0 saturated heterocycles. The summed E-state index contributed by atoms with van der Waals surface area (Å²) in [5.74, 6) is 0. The molecule has 0 aliphatic carbocycles. The van der Waals surface area contributed by atoms with Crippen LogP contribution in [0.2, 0.25) is 0 Å². The van der Waals surface area contributed by atoms with Crippen LogP contribution in [0.3, 0.4) is 0 Å². The van der Waals surface area contributed by atoms with Crippen LogP contribution in [0.15, 0.2) is 34.7 Å². The predicted molar refractivity (Wildman–Crippen MR) is 71.6 cm³/mol. The lowest BCUT2D eigenvalue weighted by molar-refractivity contribution is 0.683. The Morgan fingerprint density at radius 3 is 3.24 bits per heavy atom. The van der Waals surface area contributed by atoms with E-state index in [9.17, 15) is 4.79 Å². The van der Waals surface area contributed by atoms with E-state index in [2.05, 4.69) is 16.9 Å². The van der Waals surface area contributed by atoms with E-state index in [1.54, 1.807) is 10.9 Å². The van der Waals surface area contributed by atoms with Gasteiger partial charge in [0, 0.05) is 13.1 Å². The summed E-state index contributed by atoms with van der Waals surface area (Å²) in [6, 6.07) is 1.82. The Bertz CT molecular complexity index is 585. The van der Waals surface area contributed by atoms with Crippen LogP contribution in [-0.4, -0.2) is 22.6 Å². The van der Waals surface area contributed by atoms with E-state index >= 15 is 0 Å². The lowest BCUT2D eigenvalue weighted by atomic mass is 10.3. The average Bonchev–Trinajstić information content (AvgIpc) is 2.79. The van der Waals surface area contributed by atoms with Crippen molar-refractivity contribution in [1.82, 2.24) is 14.9 Å². The minimum absolute atomic E-state index is 0.00824. The fourth-order valence-corrected chi connectivity index (χ4v) is 2.33. The van der Waals surface area contributed by atoms with Crippen LogP contribution < -0.4 is 10.9 Å². The van der Waals surface area contributed by atoms with Crippen molar-refractivity contribution in [2.75, 3.05) is 13.1 Å². The first kappa shape index (κ1) is 12.0.